The van der Waals surface area contributed by atoms with Crippen LogP contribution in [0.2, 0.25) is 0 Å². The van der Waals surface area contributed by atoms with Gasteiger partial charge in [-0.1, -0.05) is 48.5 Å². The van der Waals surface area contributed by atoms with Gasteiger partial charge in [-0.25, -0.2) is 0 Å². The second-order valence-electron chi connectivity index (χ2n) is 7.08. The summed E-state index contributed by atoms with van der Waals surface area (Å²) in [6.45, 7) is 1.50. The highest BCUT2D eigenvalue weighted by Gasteiger charge is 2.21. The average molecular weight is 393 g/mol. The van der Waals surface area contributed by atoms with Gasteiger partial charge in [0.25, 0.3) is 0 Å². The predicted molar refractivity (Wildman–Crippen MR) is 115 cm³/mol. The van der Waals surface area contributed by atoms with E-state index in [1.807, 2.05) is 54.6 Å². The van der Waals surface area contributed by atoms with Crippen LogP contribution in [0.1, 0.15) is 16.8 Å². The highest BCUT2D eigenvalue weighted by molar-refractivity contribution is 6.14. The lowest BCUT2D eigenvalue weighted by atomic mass is 10.0. The van der Waals surface area contributed by atoms with Gasteiger partial charge in [0.15, 0.2) is 5.78 Å². The molecule has 0 fully saturated rings. The fourth-order valence-electron chi connectivity index (χ4n) is 3.38. The van der Waals surface area contributed by atoms with E-state index in [1.54, 1.807) is 19.1 Å². The number of nitrogens with zero attached hydrogens (tertiary/aromatic N) is 1. The summed E-state index contributed by atoms with van der Waals surface area (Å²) in [4.78, 5) is 30.4. The van der Waals surface area contributed by atoms with Gasteiger partial charge in [0.05, 0.1) is 24.3 Å². The van der Waals surface area contributed by atoms with Crippen molar-refractivity contribution in [3.8, 4) is 11.3 Å². The molecule has 1 aromatic heterocycles. The number of hydrogen-bond acceptors (Lipinski definition) is 4. The summed E-state index contributed by atoms with van der Waals surface area (Å²) in [7, 11) is 3.42. The van der Waals surface area contributed by atoms with Gasteiger partial charge in [-0.3, -0.25) is 14.5 Å². The third-order valence-corrected chi connectivity index (χ3v) is 4.72. The van der Waals surface area contributed by atoms with Crippen LogP contribution in [0.5, 0.6) is 0 Å². The molecule has 6 heteroatoms. The van der Waals surface area contributed by atoms with Gasteiger partial charge >= 0.3 is 0 Å². The average Bonchev–Trinajstić information content (AvgIpc) is 3.11. The van der Waals surface area contributed by atoms with E-state index in [0.717, 1.165) is 28.6 Å². The first-order valence-corrected chi connectivity index (χ1v) is 9.73. The smallest absolute Gasteiger partial charge is 0.234 e. The monoisotopic (exact) mass is 393 g/mol. The molecule has 2 aromatic carbocycles. The van der Waals surface area contributed by atoms with Crippen molar-refractivity contribution >= 4 is 22.6 Å². The molecule has 0 bridgehead atoms. The number of H-pyrrole nitrogens is 1. The zero-order valence-electron chi connectivity index (χ0n) is 16.9. The van der Waals surface area contributed by atoms with Crippen molar-refractivity contribution in [3.63, 3.8) is 0 Å². The number of nitrogens with one attached hydrogen (secondary N) is 2. The maximum Gasteiger partial charge on any atom is 0.234 e. The summed E-state index contributed by atoms with van der Waals surface area (Å²) in [5, 5.41) is 3.74. The summed E-state index contributed by atoms with van der Waals surface area (Å²) in [6, 6.07) is 17.6. The van der Waals surface area contributed by atoms with Gasteiger partial charge in [-0.2, -0.15) is 0 Å². The van der Waals surface area contributed by atoms with Crippen LogP contribution in [-0.2, 0) is 9.53 Å². The summed E-state index contributed by atoms with van der Waals surface area (Å²) >= 11 is 0. The molecule has 0 saturated heterocycles. The Morgan fingerprint density at radius 2 is 1.76 bits per heavy atom. The fraction of sp³-hybridized carbons (Fsp3) is 0.304. The first-order chi connectivity index (χ1) is 14.1. The van der Waals surface area contributed by atoms with Crippen LogP contribution in [0.25, 0.3) is 22.2 Å². The maximum absolute atomic E-state index is 13.2. The Hall–Kier alpha value is -2.96. The molecular weight excluding hydrogens is 366 g/mol. The van der Waals surface area contributed by atoms with Gasteiger partial charge in [0.2, 0.25) is 5.91 Å². The predicted octanol–water partition coefficient (Wildman–Crippen LogP) is 3.10. The van der Waals surface area contributed by atoms with Crippen molar-refractivity contribution in [2.24, 2.45) is 0 Å². The Morgan fingerprint density at radius 3 is 2.52 bits per heavy atom. The first kappa shape index (κ1) is 20.8. The molecule has 0 saturated carbocycles. The van der Waals surface area contributed by atoms with Crippen LogP contribution < -0.4 is 5.32 Å². The number of rotatable bonds is 10. The summed E-state index contributed by atoms with van der Waals surface area (Å²) in [5.74, 6) is -0.116. The van der Waals surface area contributed by atoms with E-state index >= 15 is 0 Å². The number of likely N-dealkylation sites (N-methyl/N-ethyl adjacent to an activating group) is 1. The summed E-state index contributed by atoms with van der Waals surface area (Å²) in [6.07, 6.45) is 0.765. The third kappa shape index (κ3) is 5.31. The molecule has 0 radical (unpaired) electrons. The number of methoxy groups -OCH3 is 1. The number of carbonyl (C=O) groups is 2. The minimum absolute atomic E-state index is 0.0176. The Labute approximate surface area is 170 Å². The van der Waals surface area contributed by atoms with Crippen molar-refractivity contribution in [1.82, 2.24) is 15.2 Å². The zero-order chi connectivity index (χ0) is 20.6. The number of carbonyl (C=O) groups excluding carboxylic acids is 2. The zero-order valence-corrected chi connectivity index (χ0v) is 16.9. The molecule has 152 valence electrons. The van der Waals surface area contributed by atoms with Gasteiger partial charge < -0.3 is 15.0 Å². The Balaban J connectivity index is 1.74. The van der Waals surface area contributed by atoms with Crippen molar-refractivity contribution in [2.75, 3.05) is 40.4 Å². The molecule has 2 N–H and O–H groups in total. The number of ketones is 1. The van der Waals surface area contributed by atoms with Crippen molar-refractivity contribution < 1.29 is 14.3 Å². The third-order valence-electron chi connectivity index (χ3n) is 4.72. The van der Waals surface area contributed by atoms with Crippen LogP contribution in [0.15, 0.2) is 54.6 Å². The molecule has 0 aliphatic heterocycles. The number of para-hydroxylation sites is 1. The van der Waals surface area contributed by atoms with Crippen LogP contribution in [0, 0.1) is 0 Å². The number of ether oxygens (including phenoxy) is 1. The molecule has 29 heavy (non-hydrogen) atoms. The topological polar surface area (TPSA) is 74.4 Å². The standard InChI is InChI=1S/C23H27N3O3/c1-26(16-21(28)24-13-8-14-29-2)15-20(27)22-18-11-6-7-12-19(18)25-23(22)17-9-4-3-5-10-17/h3-7,9-12,25H,8,13-16H2,1-2H3,(H,24,28). The Morgan fingerprint density at radius 1 is 1.03 bits per heavy atom. The molecule has 0 aliphatic rings. The maximum atomic E-state index is 13.2. The van der Waals surface area contributed by atoms with Gasteiger partial charge in [-0.05, 0) is 25.1 Å². The van der Waals surface area contributed by atoms with E-state index in [2.05, 4.69) is 10.3 Å². The second kappa shape index (κ2) is 10.0. The lowest BCUT2D eigenvalue weighted by Gasteiger charge is -2.16. The molecule has 3 rings (SSSR count). The molecule has 3 aromatic rings. The van der Waals surface area contributed by atoms with Crippen molar-refractivity contribution in [1.29, 1.82) is 0 Å². The largest absolute Gasteiger partial charge is 0.385 e. The van der Waals surface area contributed by atoms with Crippen LogP contribution in [0.3, 0.4) is 0 Å². The highest BCUT2D eigenvalue weighted by Crippen LogP contribution is 2.30. The van der Waals surface area contributed by atoms with E-state index in [0.29, 0.717) is 18.7 Å². The molecule has 6 nitrogen and oxygen atoms in total. The molecule has 0 atom stereocenters. The fourth-order valence-corrected chi connectivity index (χ4v) is 3.38. The molecule has 0 spiro atoms. The number of Topliss-reactive ketones (excluding diaryl/α,β-unsaturated/α-hetero) is 1. The number of hydrogen-bond donors (Lipinski definition) is 2. The van der Waals surface area contributed by atoms with E-state index < -0.39 is 0 Å². The van der Waals surface area contributed by atoms with Crippen LogP contribution in [0.4, 0.5) is 0 Å². The van der Waals surface area contributed by atoms with Crippen LogP contribution >= 0.6 is 0 Å². The number of amides is 1. The summed E-state index contributed by atoms with van der Waals surface area (Å²) < 4.78 is 4.97. The Bertz CT molecular complexity index is 966. The van der Waals surface area contributed by atoms with E-state index in [4.69, 9.17) is 4.74 Å². The van der Waals surface area contributed by atoms with Gasteiger partial charge in [0, 0.05) is 31.2 Å². The van der Waals surface area contributed by atoms with Crippen LogP contribution in [-0.4, -0.2) is 62.0 Å². The molecule has 1 amide bonds. The molecule has 0 aliphatic carbocycles. The summed E-state index contributed by atoms with van der Waals surface area (Å²) in [5.41, 5.74) is 3.37. The van der Waals surface area contributed by atoms with Gasteiger partial charge in [0.1, 0.15) is 0 Å². The van der Waals surface area contributed by atoms with E-state index in [9.17, 15) is 9.59 Å². The molecule has 0 unspecified atom stereocenters. The van der Waals surface area contributed by atoms with E-state index in [1.165, 1.54) is 0 Å². The second-order valence-corrected chi connectivity index (χ2v) is 7.08. The normalized spacial score (nSPS) is 11.1. The quantitative estimate of drug-likeness (QED) is 0.410. The van der Waals surface area contributed by atoms with Crippen molar-refractivity contribution in [3.05, 3.63) is 60.2 Å². The minimum atomic E-state index is -0.0985. The molecule has 1 heterocycles. The number of benzene rings is 2. The number of fused-ring (bicyclic) bond motifs is 1. The minimum Gasteiger partial charge on any atom is -0.385 e. The number of aromatic nitrogens is 1. The highest BCUT2D eigenvalue weighted by atomic mass is 16.5. The number of aromatic amines is 1. The molecular formula is C23H27N3O3. The lowest BCUT2D eigenvalue weighted by Crippen LogP contribution is -2.38. The Kier molecular flexibility index (Phi) is 7.16. The lowest BCUT2D eigenvalue weighted by molar-refractivity contribution is -0.121. The van der Waals surface area contributed by atoms with E-state index in [-0.39, 0.29) is 24.8 Å². The SMILES string of the molecule is COCCCNC(=O)CN(C)CC(=O)c1c(-c2ccccc2)[nH]c2ccccc12. The first-order valence-electron chi connectivity index (χ1n) is 9.73. The van der Waals surface area contributed by atoms with Gasteiger partial charge in [-0.15, -0.1) is 0 Å². The van der Waals surface area contributed by atoms with Crippen molar-refractivity contribution in [2.45, 2.75) is 6.42 Å².